The van der Waals surface area contributed by atoms with Crippen LogP contribution in [0.25, 0.3) is 0 Å². The van der Waals surface area contributed by atoms with Crippen LogP contribution in [0.4, 0.5) is 0 Å². The third-order valence-electron chi connectivity index (χ3n) is 3.56. The molecule has 0 spiro atoms. The van der Waals surface area contributed by atoms with E-state index >= 15 is 0 Å². The Morgan fingerprint density at radius 3 is 2.41 bits per heavy atom. The molecule has 0 rings (SSSR count). The van der Waals surface area contributed by atoms with E-state index in [1.807, 2.05) is 0 Å². The number of rotatable bonds is 10. The Kier molecular flexibility index (Phi) is 8.83. The molecule has 0 bridgehead atoms. The molecule has 0 aromatic carbocycles. The van der Waals surface area contributed by atoms with Crippen LogP contribution in [0.1, 0.15) is 47.0 Å². The first-order valence-electron chi connectivity index (χ1n) is 6.90. The molecule has 104 valence electrons. The molecule has 2 N–H and O–H groups in total. The van der Waals surface area contributed by atoms with Gasteiger partial charge in [0.15, 0.2) is 0 Å². The van der Waals surface area contributed by atoms with E-state index in [0.717, 1.165) is 32.7 Å². The SMILES string of the molecule is CCN(CCCC(C)(C)CCN)C(C)COC. The quantitative estimate of drug-likeness (QED) is 0.642. The van der Waals surface area contributed by atoms with Crippen molar-refractivity contribution in [3.05, 3.63) is 0 Å². The van der Waals surface area contributed by atoms with Crippen LogP contribution >= 0.6 is 0 Å². The Labute approximate surface area is 108 Å². The summed E-state index contributed by atoms with van der Waals surface area (Å²) in [6.07, 6.45) is 3.61. The predicted octanol–water partition coefficient (Wildman–Crippen LogP) is 2.50. The summed E-state index contributed by atoms with van der Waals surface area (Å²) < 4.78 is 5.21. The van der Waals surface area contributed by atoms with Crippen molar-refractivity contribution in [1.29, 1.82) is 0 Å². The fourth-order valence-electron chi connectivity index (χ4n) is 2.31. The molecule has 3 nitrogen and oxygen atoms in total. The summed E-state index contributed by atoms with van der Waals surface area (Å²) in [6.45, 7) is 13.0. The molecule has 0 aliphatic rings. The number of nitrogens with zero attached hydrogens (tertiary/aromatic N) is 1. The lowest BCUT2D eigenvalue weighted by Crippen LogP contribution is -2.37. The monoisotopic (exact) mass is 244 g/mol. The highest BCUT2D eigenvalue weighted by Crippen LogP contribution is 2.26. The summed E-state index contributed by atoms with van der Waals surface area (Å²) in [5, 5.41) is 0. The van der Waals surface area contributed by atoms with Crippen LogP contribution in [0.2, 0.25) is 0 Å². The lowest BCUT2D eigenvalue weighted by atomic mass is 9.84. The summed E-state index contributed by atoms with van der Waals surface area (Å²) in [4.78, 5) is 2.49. The second-order valence-corrected chi connectivity index (χ2v) is 5.74. The van der Waals surface area contributed by atoms with Crippen LogP contribution in [-0.2, 0) is 4.74 Å². The van der Waals surface area contributed by atoms with Gasteiger partial charge in [0.05, 0.1) is 6.61 Å². The minimum Gasteiger partial charge on any atom is -0.383 e. The molecular weight excluding hydrogens is 212 g/mol. The Balaban J connectivity index is 3.91. The van der Waals surface area contributed by atoms with Gasteiger partial charge in [-0.15, -0.1) is 0 Å². The molecule has 0 saturated carbocycles. The zero-order chi connectivity index (χ0) is 13.3. The van der Waals surface area contributed by atoms with E-state index in [1.54, 1.807) is 7.11 Å². The van der Waals surface area contributed by atoms with E-state index in [1.165, 1.54) is 12.8 Å². The van der Waals surface area contributed by atoms with Gasteiger partial charge in [-0.1, -0.05) is 20.8 Å². The molecule has 0 aliphatic carbocycles. The summed E-state index contributed by atoms with van der Waals surface area (Å²) in [5.41, 5.74) is 6.02. The van der Waals surface area contributed by atoms with E-state index in [-0.39, 0.29) is 0 Å². The first-order chi connectivity index (χ1) is 7.96. The molecule has 1 unspecified atom stereocenters. The Bertz CT molecular complexity index is 183. The number of hydrogen-bond donors (Lipinski definition) is 1. The van der Waals surface area contributed by atoms with Crippen molar-refractivity contribution in [3.8, 4) is 0 Å². The van der Waals surface area contributed by atoms with Crippen molar-refractivity contribution >= 4 is 0 Å². The molecule has 0 heterocycles. The standard InChI is InChI=1S/C14H32N2O/c1-6-16(13(2)12-17-5)11-7-8-14(3,4)9-10-15/h13H,6-12,15H2,1-5H3. The minimum atomic E-state index is 0.388. The highest BCUT2D eigenvalue weighted by Gasteiger charge is 2.18. The molecule has 1 atom stereocenters. The summed E-state index contributed by atoms with van der Waals surface area (Å²) >= 11 is 0. The smallest absolute Gasteiger partial charge is 0.0615 e. The van der Waals surface area contributed by atoms with Crippen LogP contribution < -0.4 is 5.73 Å². The normalized spacial score (nSPS) is 14.3. The van der Waals surface area contributed by atoms with Crippen LogP contribution in [0.15, 0.2) is 0 Å². The largest absolute Gasteiger partial charge is 0.383 e. The number of methoxy groups -OCH3 is 1. The average molecular weight is 244 g/mol. The van der Waals surface area contributed by atoms with E-state index in [4.69, 9.17) is 10.5 Å². The van der Waals surface area contributed by atoms with Gasteiger partial charge in [0.2, 0.25) is 0 Å². The van der Waals surface area contributed by atoms with Crippen LogP contribution in [0, 0.1) is 5.41 Å². The molecular formula is C14H32N2O. The summed E-state index contributed by atoms with van der Waals surface area (Å²) in [7, 11) is 1.77. The van der Waals surface area contributed by atoms with E-state index in [9.17, 15) is 0 Å². The number of likely N-dealkylation sites (N-methyl/N-ethyl adjacent to an activating group) is 1. The van der Waals surface area contributed by atoms with Crippen LogP contribution in [-0.4, -0.2) is 44.3 Å². The zero-order valence-electron chi connectivity index (χ0n) is 12.5. The number of ether oxygens (including phenoxy) is 1. The van der Waals surface area contributed by atoms with Gasteiger partial charge in [0.25, 0.3) is 0 Å². The van der Waals surface area contributed by atoms with Crippen LogP contribution in [0.5, 0.6) is 0 Å². The topological polar surface area (TPSA) is 38.5 Å². The summed E-state index contributed by atoms with van der Waals surface area (Å²) in [5.74, 6) is 0. The molecule has 0 aromatic rings. The minimum absolute atomic E-state index is 0.388. The predicted molar refractivity (Wildman–Crippen MR) is 75.3 cm³/mol. The molecule has 0 aliphatic heterocycles. The second-order valence-electron chi connectivity index (χ2n) is 5.74. The average Bonchev–Trinajstić information content (AvgIpc) is 2.24. The lowest BCUT2D eigenvalue weighted by molar-refractivity contribution is 0.0987. The van der Waals surface area contributed by atoms with Crippen molar-refractivity contribution in [2.24, 2.45) is 11.1 Å². The maximum atomic E-state index is 5.63. The molecule has 0 radical (unpaired) electrons. The molecule has 0 amide bonds. The van der Waals surface area contributed by atoms with Gasteiger partial charge in [-0.05, 0) is 51.2 Å². The van der Waals surface area contributed by atoms with Gasteiger partial charge in [-0.3, -0.25) is 4.90 Å². The molecule has 0 fully saturated rings. The zero-order valence-corrected chi connectivity index (χ0v) is 12.5. The second kappa shape index (κ2) is 8.90. The fourth-order valence-corrected chi connectivity index (χ4v) is 2.31. The Morgan fingerprint density at radius 2 is 1.94 bits per heavy atom. The van der Waals surface area contributed by atoms with Gasteiger partial charge in [-0.2, -0.15) is 0 Å². The first kappa shape index (κ1) is 16.9. The lowest BCUT2D eigenvalue weighted by Gasteiger charge is -2.29. The van der Waals surface area contributed by atoms with Gasteiger partial charge >= 0.3 is 0 Å². The molecule has 0 saturated heterocycles. The highest BCUT2D eigenvalue weighted by molar-refractivity contribution is 4.71. The first-order valence-corrected chi connectivity index (χ1v) is 6.90. The Morgan fingerprint density at radius 1 is 1.29 bits per heavy atom. The van der Waals surface area contributed by atoms with Gasteiger partial charge < -0.3 is 10.5 Å². The van der Waals surface area contributed by atoms with E-state index in [2.05, 4.69) is 32.6 Å². The maximum absolute atomic E-state index is 5.63. The van der Waals surface area contributed by atoms with Gasteiger partial charge in [-0.25, -0.2) is 0 Å². The molecule has 3 heteroatoms. The van der Waals surface area contributed by atoms with Gasteiger partial charge in [0, 0.05) is 13.2 Å². The maximum Gasteiger partial charge on any atom is 0.0615 e. The van der Waals surface area contributed by atoms with E-state index in [0.29, 0.717) is 11.5 Å². The van der Waals surface area contributed by atoms with Crippen LogP contribution in [0.3, 0.4) is 0 Å². The van der Waals surface area contributed by atoms with Crippen molar-refractivity contribution in [3.63, 3.8) is 0 Å². The Hall–Kier alpha value is -0.120. The van der Waals surface area contributed by atoms with Gasteiger partial charge in [0.1, 0.15) is 0 Å². The fraction of sp³-hybridized carbons (Fsp3) is 1.00. The molecule has 17 heavy (non-hydrogen) atoms. The number of nitrogens with two attached hydrogens (primary N) is 1. The number of hydrogen-bond acceptors (Lipinski definition) is 3. The van der Waals surface area contributed by atoms with E-state index < -0.39 is 0 Å². The van der Waals surface area contributed by atoms with Crippen molar-refractivity contribution in [2.75, 3.05) is 33.4 Å². The summed E-state index contributed by atoms with van der Waals surface area (Å²) in [6, 6.07) is 0.516. The van der Waals surface area contributed by atoms with Crippen molar-refractivity contribution in [2.45, 2.75) is 53.0 Å². The molecule has 0 aromatic heterocycles. The third kappa shape index (κ3) is 7.74. The van der Waals surface area contributed by atoms with Crippen molar-refractivity contribution in [1.82, 2.24) is 4.90 Å². The highest BCUT2D eigenvalue weighted by atomic mass is 16.5. The third-order valence-corrected chi connectivity index (χ3v) is 3.56. The van der Waals surface area contributed by atoms with Crippen molar-refractivity contribution < 1.29 is 4.74 Å².